The van der Waals surface area contributed by atoms with Crippen LogP contribution in [0.4, 0.5) is 36.3 Å². The minimum absolute atomic E-state index is 0.0101. The van der Waals surface area contributed by atoms with Crippen LogP contribution in [0.2, 0.25) is 0 Å². The molecule has 0 aliphatic heterocycles. The van der Waals surface area contributed by atoms with Crippen LogP contribution in [-0.2, 0) is 11.8 Å². The smallest absolute Gasteiger partial charge is 0.422 e. The van der Waals surface area contributed by atoms with Crippen molar-refractivity contribution < 1.29 is 32.6 Å². The van der Waals surface area contributed by atoms with Crippen molar-refractivity contribution in [3.05, 3.63) is 61.4 Å². The van der Waals surface area contributed by atoms with E-state index in [4.69, 9.17) is 4.74 Å². The normalized spacial score (nSPS) is 11.8. The molecule has 0 spiro atoms. The first kappa shape index (κ1) is 30.3. The lowest BCUT2D eigenvalue weighted by atomic mass is 10.1. The Morgan fingerprint density at radius 2 is 1.95 bits per heavy atom. The van der Waals surface area contributed by atoms with Crippen LogP contribution in [0.1, 0.15) is 0 Å². The van der Waals surface area contributed by atoms with Crippen molar-refractivity contribution in [1.29, 1.82) is 0 Å². The summed E-state index contributed by atoms with van der Waals surface area (Å²) >= 11 is 0. The van der Waals surface area contributed by atoms with Crippen LogP contribution in [0, 0.1) is 0 Å². The van der Waals surface area contributed by atoms with E-state index in [2.05, 4.69) is 32.2 Å². The van der Waals surface area contributed by atoms with Gasteiger partial charge in [-0.1, -0.05) is 24.8 Å². The molecule has 4 rings (SSSR count). The average molecular weight is 586 g/mol. The van der Waals surface area contributed by atoms with Gasteiger partial charge in [-0.15, -0.1) is 0 Å². The van der Waals surface area contributed by atoms with E-state index < -0.39 is 18.7 Å². The first-order valence-corrected chi connectivity index (χ1v) is 12.8. The summed E-state index contributed by atoms with van der Waals surface area (Å²) in [5.74, 6) is -0.760. The number of quaternary nitrogens is 1. The van der Waals surface area contributed by atoms with Crippen LogP contribution in [-0.4, -0.2) is 82.3 Å². The number of aromatic nitrogens is 4. The number of nitrogens with zero attached hydrogens (tertiary/aromatic N) is 6. The van der Waals surface area contributed by atoms with Gasteiger partial charge in [-0.2, -0.15) is 22.8 Å². The van der Waals surface area contributed by atoms with Gasteiger partial charge in [-0.3, -0.25) is 4.79 Å². The molecule has 0 unspecified atom stereocenters. The van der Waals surface area contributed by atoms with Crippen LogP contribution < -0.4 is 20.3 Å². The summed E-state index contributed by atoms with van der Waals surface area (Å²) in [5, 5.41) is 16.6. The number of para-hydroxylation sites is 1. The summed E-state index contributed by atoms with van der Waals surface area (Å²) in [4.78, 5) is 27.0. The first-order chi connectivity index (χ1) is 19.7. The third kappa shape index (κ3) is 7.53. The summed E-state index contributed by atoms with van der Waals surface area (Å²) in [6.45, 7) is 2.35. The fraction of sp³-hybridized carbons (Fsp3) is 0.286. The zero-order valence-corrected chi connectivity index (χ0v) is 23.6. The molecule has 1 amide bonds. The monoisotopic (exact) mass is 585 g/mol. The highest BCUT2D eigenvalue weighted by Crippen LogP contribution is 2.36. The molecule has 11 nitrogen and oxygen atoms in total. The second-order valence-corrected chi connectivity index (χ2v) is 10.1. The van der Waals surface area contributed by atoms with E-state index in [1.807, 2.05) is 42.1 Å². The Bertz CT molecular complexity index is 1600. The Balaban J connectivity index is 1.76. The van der Waals surface area contributed by atoms with Gasteiger partial charge in [0.1, 0.15) is 12.2 Å². The number of benzene rings is 1. The molecular formula is C28H32F3N8O3+. The van der Waals surface area contributed by atoms with E-state index in [0.29, 0.717) is 5.69 Å². The molecule has 0 aliphatic rings. The highest BCUT2D eigenvalue weighted by Gasteiger charge is 2.30. The topological polar surface area (TPSA) is 117 Å². The predicted octanol–water partition coefficient (Wildman–Crippen LogP) is 4.74. The van der Waals surface area contributed by atoms with E-state index >= 15 is 0 Å². The molecule has 3 N–H and O–H groups in total. The number of ether oxygens (including phenoxy) is 1. The number of halogens is 3. The van der Waals surface area contributed by atoms with E-state index in [0.717, 1.165) is 22.5 Å². The second kappa shape index (κ2) is 12.0. The Hall–Kier alpha value is -4.69. The van der Waals surface area contributed by atoms with Crippen molar-refractivity contribution in [2.75, 3.05) is 56.4 Å². The highest BCUT2D eigenvalue weighted by atomic mass is 19.4. The van der Waals surface area contributed by atoms with Gasteiger partial charge in [-0.05, 0) is 24.3 Å². The summed E-state index contributed by atoms with van der Waals surface area (Å²) in [6, 6.07) is 10.9. The number of rotatable bonds is 11. The number of amides is 1. The van der Waals surface area contributed by atoms with Gasteiger partial charge in [-0.25, -0.2) is 15.2 Å². The molecule has 0 saturated heterocycles. The zero-order chi connectivity index (χ0) is 30.7. The average Bonchev–Trinajstić information content (AvgIpc) is 3.27. The minimum Gasteiger partial charge on any atom is -0.466 e. The molecule has 1 aromatic carbocycles. The third-order valence-electron chi connectivity index (χ3n) is 6.20. The van der Waals surface area contributed by atoms with E-state index in [1.54, 1.807) is 32.1 Å². The first-order valence-electron chi connectivity index (χ1n) is 12.8. The number of carbonyl (C=O) groups is 1. The van der Waals surface area contributed by atoms with Gasteiger partial charge in [0.15, 0.2) is 12.4 Å². The maximum absolute atomic E-state index is 13.2. The fourth-order valence-corrected chi connectivity index (χ4v) is 4.14. The number of alkyl halides is 3. The number of hydrogen-bond acceptors (Lipinski definition) is 8. The molecule has 0 bridgehead atoms. The molecule has 0 atom stereocenters. The molecular weight excluding hydrogens is 553 g/mol. The van der Waals surface area contributed by atoms with Crippen LogP contribution in [0.25, 0.3) is 22.2 Å². The van der Waals surface area contributed by atoms with Gasteiger partial charge in [0.25, 0.3) is 0 Å². The lowest BCUT2D eigenvalue weighted by molar-refractivity contribution is -1.07. The number of hydroxylamine groups is 3. The molecule has 0 radical (unpaired) electrons. The van der Waals surface area contributed by atoms with Crippen molar-refractivity contribution in [3.63, 3.8) is 0 Å². The summed E-state index contributed by atoms with van der Waals surface area (Å²) in [7, 11) is 6.68. The predicted molar refractivity (Wildman–Crippen MR) is 154 cm³/mol. The van der Waals surface area contributed by atoms with Crippen molar-refractivity contribution in [3.8, 4) is 17.1 Å². The number of aryl methyl sites for hydroxylation is 1. The molecule has 222 valence electrons. The third-order valence-corrected chi connectivity index (χ3v) is 6.20. The van der Waals surface area contributed by atoms with E-state index in [1.165, 1.54) is 12.3 Å². The SMILES string of the molecule is C=CC(=O)Nc1cc(Nc2nccc(-c3cn(C)c4ccccc34)n2)c(OCC(F)(F)F)nc1N(C)CC[N+](C)(C)O. The minimum atomic E-state index is -4.64. The number of nitrogens with one attached hydrogen (secondary N) is 2. The molecule has 0 aliphatic carbocycles. The molecule has 4 aromatic rings. The number of anilines is 4. The molecule has 0 fully saturated rings. The lowest BCUT2D eigenvalue weighted by Gasteiger charge is -2.26. The Morgan fingerprint density at radius 3 is 2.64 bits per heavy atom. The number of pyridine rings is 1. The van der Waals surface area contributed by atoms with E-state index in [9.17, 15) is 23.2 Å². The zero-order valence-electron chi connectivity index (χ0n) is 23.6. The van der Waals surface area contributed by atoms with Gasteiger partial charge in [0.2, 0.25) is 17.7 Å². The summed E-state index contributed by atoms with van der Waals surface area (Å²) < 4.78 is 46.2. The molecule has 3 aromatic heterocycles. The van der Waals surface area contributed by atoms with Crippen LogP contribution in [0.5, 0.6) is 5.88 Å². The molecule has 0 saturated carbocycles. The highest BCUT2D eigenvalue weighted by molar-refractivity contribution is 6.01. The van der Waals surface area contributed by atoms with Gasteiger partial charge >= 0.3 is 6.18 Å². The van der Waals surface area contributed by atoms with Crippen molar-refractivity contribution in [1.82, 2.24) is 19.5 Å². The molecule has 42 heavy (non-hydrogen) atoms. The van der Waals surface area contributed by atoms with Crippen molar-refractivity contribution in [2.24, 2.45) is 7.05 Å². The van der Waals surface area contributed by atoms with Crippen LogP contribution in [0.15, 0.2) is 61.4 Å². The maximum atomic E-state index is 13.2. The standard InChI is InChI=1S/C28H31F3N8O3/c1-6-24(40)33-21-15-22(26(42-17-28(29,30)31)36-25(21)37(2)13-14-39(4,5)41)35-27-32-12-11-20(34-27)19-16-38(3)23-10-8-7-9-18(19)23/h6-12,15-16,41H,1,13-14,17H2,2-5H3,(H-,32,33,34,35,40)/p+1. The number of likely N-dealkylation sites (N-methyl/N-ethyl adjacent to an activating group) is 2. The van der Waals surface area contributed by atoms with Crippen molar-refractivity contribution >= 4 is 40.0 Å². The Morgan fingerprint density at radius 1 is 1.21 bits per heavy atom. The molecule has 3 heterocycles. The number of hydrogen-bond donors (Lipinski definition) is 3. The molecule has 14 heteroatoms. The Labute approximate surface area is 240 Å². The Kier molecular flexibility index (Phi) is 8.68. The fourth-order valence-electron chi connectivity index (χ4n) is 4.14. The quantitative estimate of drug-likeness (QED) is 0.131. The number of fused-ring (bicyclic) bond motifs is 1. The summed E-state index contributed by atoms with van der Waals surface area (Å²) in [5.41, 5.74) is 2.57. The van der Waals surface area contributed by atoms with Crippen LogP contribution in [0.3, 0.4) is 0 Å². The maximum Gasteiger partial charge on any atom is 0.422 e. The summed E-state index contributed by atoms with van der Waals surface area (Å²) in [6.07, 6.45) is -0.136. The number of carbonyl (C=O) groups excluding carboxylic acids is 1. The largest absolute Gasteiger partial charge is 0.466 e. The van der Waals surface area contributed by atoms with Gasteiger partial charge in [0, 0.05) is 43.0 Å². The van der Waals surface area contributed by atoms with E-state index in [-0.39, 0.29) is 46.8 Å². The lowest BCUT2D eigenvalue weighted by Crippen LogP contribution is -2.42. The van der Waals surface area contributed by atoms with Gasteiger partial charge in [0.05, 0.1) is 32.0 Å². The van der Waals surface area contributed by atoms with Crippen molar-refractivity contribution in [2.45, 2.75) is 6.18 Å². The van der Waals surface area contributed by atoms with Crippen LogP contribution >= 0.6 is 0 Å². The second-order valence-electron chi connectivity index (χ2n) is 10.1. The van der Waals surface area contributed by atoms with Gasteiger partial charge < -0.3 is 24.8 Å².